The lowest BCUT2D eigenvalue weighted by Gasteiger charge is -2.35. The summed E-state index contributed by atoms with van der Waals surface area (Å²) in [7, 11) is 0. The number of benzene rings is 1. The summed E-state index contributed by atoms with van der Waals surface area (Å²) in [6.45, 7) is 2.78. The minimum atomic E-state index is 0.128. The van der Waals surface area contributed by atoms with Gasteiger partial charge in [0.2, 0.25) is 11.8 Å². The van der Waals surface area contributed by atoms with Crippen molar-refractivity contribution in [2.45, 2.75) is 57.3 Å². The van der Waals surface area contributed by atoms with Gasteiger partial charge in [-0.25, -0.2) is 0 Å². The number of hydrogen-bond donors (Lipinski definition) is 0. The van der Waals surface area contributed by atoms with E-state index in [9.17, 15) is 9.59 Å². The molecule has 0 bridgehead atoms. The summed E-state index contributed by atoms with van der Waals surface area (Å²) >= 11 is 3.52. The maximum atomic E-state index is 12.8. The molecule has 0 N–H and O–H groups in total. The van der Waals surface area contributed by atoms with Crippen LogP contribution >= 0.6 is 15.9 Å². The van der Waals surface area contributed by atoms with Crippen molar-refractivity contribution in [3.63, 3.8) is 0 Å². The fraction of sp³-hybridized carbons (Fsp3) is 0.652. The maximum Gasteiger partial charge on any atom is 0.226 e. The van der Waals surface area contributed by atoms with Gasteiger partial charge in [-0.2, -0.15) is 0 Å². The van der Waals surface area contributed by atoms with E-state index < -0.39 is 0 Å². The fourth-order valence-corrected chi connectivity index (χ4v) is 5.36. The Morgan fingerprint density at radius 3 is 2.43 bits per heavy atom. The minimum absolute atomic E-state index is 0.128. The van der Waals surface area contributed by atoms with Crippen LogP contribution in [0.5, 0.6) is 0 Å². The summed E-state index contributed by atoms with van der Waals surface area (Å²) in [6.07, 6.45) is 9.33. The SMILES string of the molecule is O=C(CCC1CCCCC1)N1CCN(C(=O)C2CC2c2cccc(Br)c2)CC1. The molecule has 28 heavy (non-hydrogen) atoms. The van der Waals surface area contributed by atoms with Crippen molar-refractivity contribution in [1.29, 1.82) is 0 Å². The summed E-state index contributed by atoms with van der Waals surface area (Å²) in [4.78, 5) is 29.4. The number of carbonyl (C=O) groups excluding carboxylic acids is 2. The Labute approximate surface area is 176 Å². The molecule has 0 radical (unpaired) electrons. The van der Waals surface area contributed by atoms with Crippen molar-refractivity contribution in [3.05, 3.63) is 34.3 Å². The number of piperazine rings is 1. The molecule has 2 saturated carbocycles. The Morgan fingerprint density at radius 1 is 1.00 bits per heavy atom. The first-order chi connectivity index (χ1) is 13.6. The maximum absolute atomic E-state index is 12.8. The Balaban J connectivity index is 1.21. The van der Waals surface area contributed by atoms with Crippen LogP contribution in [0.1, 0.15) is 62.8 Å². The largest absolute Gasteiger partial charge is 0.339 e. The molecule has 152 valence electrons. The van der Waals surface area contributed by atoms with Crippen LogP contribution in [0.3, 0.4) is 0 Å². The highest BCUT2D eigenvalue weighted by molar-refractivity contribution is 9.10. The number of carbonyl (C=O) groups is 2. The Kier molecular flexibility index (Phi) is 6.39. The van der Waals surface area contributed by atoms with E-state index in [4.69, 9.17) is 0 Å². The molecule has 2 atom stereocenters. The van der Waals surface area contributed by atoms with Crippen LogP contribution in [-0.2, 0) is 9.59 Å². The van der Waals surface area contributed by atoms with Crippen LogP contribution in [0.15, 0.2) is 28.7 Å². The lowest BCUT2D eigenvalue weighted by atomic mass is 9.86. The van der Waals surface area contributed by atoms with Crippen molar-refractivity contribution in [2.75, 3.05) is 26.2 Å². The van der Waals surface area contributed by atoms with Gasteiger partial charge < -0.3 is 9.80 Å². The second-order valence-corrected chi connectivity index (χ2v) is 9.67. The Hall–Kier alpha value is -1.36. The van der Waals surface area contributed by atoms with E-state index in [0.717, 1.165) is 23.2 Å². The van der Waals surface area contributed by atoms with E-state index in [1.165, 1.54) is 37.7 Å². The lowest BCUT2D eigenvalue weighted by Crippen LogP contribution is -2.51. The molecule has 1 aliphatic heterocycles. The van der Waals surface area contributed by atoms with E-state index in [-0.39, 0.29) is 17.7 Å². The quantitative estimate of drug-likeness (QED) is 0.663. The summed E-state index contributed by atoms with van der Waals surface area (Å²) in [5.41, 5.74) is 1.25. The third-order valence-corrected chi connectivity index (χ3v) is 7.31. The molecule has 0 aromatic heterocycles. The van der Waals surface area contributed by atoms with Gasteiger partial charge in [0.25, 0.3) is 0 Å². The van der Waals surface area contributed by atoms with Crippen molar-refractivity contribution >= 4 is 27.7 Å². The van der Waals surface area contributed by atoms with E-state index in [0.29, 0.717) is 38.5 Å². The summed E-state index contributed by atoms with van der Waals surface area (Å²) < 4.78 is 1.07. The second kappa shape index (κ2) is 8.98. The Morgan fingerprint density at radius 2 is 1.71 bits per heavy atom. The molecule has 5 heteroatoms. The number of halogens is 1. The van der Waals surface area contributed by atoms with Gasteiger partial charge in [-0.05, 0) is 42.4 Å². The van der Waals surface area contributed by atoms with Gasteiger partial charge in [0.1, 0.15) is 0 Å². The highest BCUT2D eigenvalue weighted by Crippen LogP contribution is 2.49. The summed E-state index contributed by atoms with van der Waals surface area (Å²) in [6, 6.07) is 8.30. The molecule has 0 spiro atoms. The van der Waals surface area contributed by atoms with Crippen LogP contribution in [0, 0.1) is 11.8 Å². The first kappa shape index (κ1) is 19.9. The normalized spacial score (nSPS) is 25.6. The first-order valence-corrected chi connectivity index (χ1v) is 11.7. The molecule has 1 aromatic carbocycles. The summed E-state index contributed by atoms with van der Waals surface area (Å²) in [5.74, 6) is 1.81. The molecule has 1 heterocycles. The van der Waals surface area contributed by atoms with Crippen LogP contribution in [0.2, 0.25) is 0 Å². The zero-order chi connectivity index (χ0) is 19.5. The van der Waals surface area contributed by atoms with Gasteiger partial charge >= 0.3 is 0 Å². The third kappa shape index (κ3) is 4.79. The molecular formula is C23H31BrN2O2. The first-order valence-electron chi connectivity index (χ1n) is 10.9. The molecule has 4 nitrogen and oxygen atoms in total. The zero-order valence-corrected chi connectivity index (χ0v) is 18.2. The highest BCUT2D eigenvalue weighted by Gasteiger charge is 2.46. The fourth-order valence-electron chi connectivity index (χ4n) is 4.95. The monoisotopic (exact) mass is 446 g/mol. The average Bonchev–Trinajstić information content (AvgIpc) is 3.53. The molecular weight excluding hydrogens is 416 g/mol. The predicted molar refractivity (Wildman–Crippen MR) is 114 cm³/mol. The van der Waals surface area contributed by atoms with Crippen LogP contribution in [-0.4, -0.2) is 47.8 Å². The number of amides is 2. The van der Waals surface area contributed by atoms with E-state index >= 15 is 0 Å². The van der Waals surface area contributed by atoms with Crippen molar-refractivity contribution in [2.24, 2.45) is 11.8 Å². The summed E-state index contributed by atoms with van der Waals surface area (Å²) in [5, 5.41) is 0. The number of nitrogens with zero attached hydrogens (tertiary/aromatic N) is 2. The number of hydrogen-bond acceptors (Lipinski definition) is 2. The smallest absolute Gasteiger partial charge is 0.226 e. The molecule has 2 aliphatic carbocycles. The topological polar surface area (TPSA) is 40.6 Å². The van der Waals surface area contributed by atoms with Crippen LogP contribution in [0.25, 0.3) is 0 Å². The lowest BCUT2D eigenvalue weighted by molar-refractivity contribution is -0.140. The van der Waals surface area contributed by atoms with Crippen molar-refractivity contribution in [3.8, 4) is 0 Å². The van der Waals surface area contributed by atoms with Gasteiger partial charge in [0, 0.05) is 43.0 Å². The molecule has 2 unspecified atom stereocenters. The van der Waals surface area contributed by atoms with Gasteiger partial charge in [-0.1, -0.05) is 60.2 Å². The van der Waals surface area contributed by atoms with E-state index in [1.807, 2.05) is 21.9 Å². The van der Waals surface area contributed by atoms with Gasteiger partial charge in [0.15, 0.2) is 0 Å². The molecule has 3 aliphatic rings. The molecule has 1 aromatic rings. The van der Waals surface area contributed by atoms with Crippen LogP contribution < -0.4 is 0 Å². The van der Waals surface area contributed by atoms with Gasteiger partial charge in [-0.15, -0.1) is 0 Å². The zero-order valence-electron chi connectivity index (χ0n) is 16.6. The standard InChI is InChI=1S/C23H31BrN2O2/c24-19-8-4-7-18(15-19)20-16-21(20)23(28)26-13-11-25(12-14-26)22(27)10-9-17-5-2-1-3-6-17/h4,7-8,15,17,20-21H,1-3,5-6,9-14,16H2. The van der Waals surface area contributed by atoms with Crippen LogP contribution in [0.4, 0.5) is 0 Å². The van der Waals surface area contributed by atoms with Crippen molar-refractivity contribution < 1.29 is 9.59 Å². The third-order valence-electron chi connectivity index (χ3n) is 6.82. The van der Waals surface area contributed by atoms with Gasteiger partial charge in [0.05, 0.1) is 0 Å². The average molecular weight is 447 g/mol. The van der Waals surface area contributed by atoms with E-state index in [2.05, 4.69) is 28.1 Å². The minimum Gasteiger partial charge on any atom is -0.339 e. The second-order valence-electron chi connectivity index (χ2n) is 8.75. The molecule has 4 rings (SSSR count). The van der Waals surface area contributed by atoms with E-state index in [1.54, 1.807) is 0 Å². The Bertz CT molecular complexity index is 708. The van der Waals surface area contributed by atoms with Crippen molar-refractivity contribution in [1.82, 2.24) is 9.80 Å². The molecule has 1 saturated heterocycles. The molecule has 3 fully saturated rings. The predicted octanol–water partition coefficient (Wildman–Crippen LogP) is 4.58. The molecule has 2 amide bonds. The van der Waals surface area contributed by atoms with Gasteiger partial charge in [-0.3, -0.25) is 9.59 Å². The highest BCUT2D eigenvalue weighted by atomic mass is 79.9. The number of rotatable bonds is 5.